The van der Waals surface area contributed by atoms with Crippen LogP contribution in [0.2, 0.25) is 0 Å². The van der Waals surface area contributed by atoms with Crippen molar-refractivity contribution in [2.75, 3.05) is 26.2 Å². The number of aryl methyl sites for hydroxylation is 1. The van der Waals surface area contributed by atoms with E-state index < -0.39 is 0 Å². The lowest BCUT2D eigenvalue weighted by atomic mass is 10.0. The molecule has 4 nitrogen and oxygen atoms in total. The lowest BCUT2D eigenvalue weighted by molar-refractivity contribution is 0.0736. The number of benzene rings is 1. The average Bonchev–Trinajstić information content (AvgIpc) is 2.64. The van der Waals surface area contributed by atoms with Gasteiger partial charge in [0.1, 0.15) is 0 Å². The van der Waals surface area contributed by atoms with Crippen molar-refractivity contribution in [2.24, 2.45) is 0 Å². The van der Waals surface area contributed by atoms with Gasteiger partial charge in [0, 0.05) is 49.7 Å². The molecule has 3 rings (SSSR count). The number of hydrogen-bond donors (Lipinski definition) is 1. The molecule has 0 atom stereocenters. The van der Waals surface area contributed by atoms with Crippen LogP contribution in [0.5, 0.6) is 0 Å². The van der Waals surface area contributed by atoms with Gasteiger partial charge in [-0.25, -0.2) is 0 Å². The van der Waals surface area contributed by atoms with Gasteiger partial charge in [0.2, 0.25) is 0 Å². The summed E-state index contributed by atoms with van der Waals surface area (Å²) in [6.45, 7) is 9.30. The van der Waals surface area contributed by atoms with Crippen molar-refractivity contribution >= 4 is 5.91 Å². The molecule has 1 aliphatic rings. The monoisotopic (exact) mass is 311 g/mol. The number of carbonyl (C=O) groups excluding carboxylic acids is 1. The van der Waals surface area contributed by atoms with Gasteiger partial charge in [-0.1, -0.05) is 26.0 Å². The lowest BCUT2D eigenvalue weighted by Crippen LogP contribution is -2.46. The summed E-state index contributed by atoms with van der Waals surface area (Å²) >= 11 is 0. The smallest absolute Gasteiger partial charge is 0.253 e. The number of nitrogens with zero attached hydrogens (tertiary/aromatic N) is 2. The molecular weight excluding hydrogens is 286 g/mol. The van der Waals surface area contributed by atoms with E-state index in [2.05, 4.69) is 16.4 Å². The van der Waals surface area contributed by atoms with Gasteiger partial charge < -0.3 is 10.2 Å². The van der Waals surface area contributed by atoms with Crippen molar-refractivity contribution in [1.82, 2.24) is 15.2 Å². The Morgan fingerprint density at radius 1 is 1.09 bits per heavy atom. The molecule has 1 aromatic carbocycles. The number of amides is 1. The fraction of sp³-hybridized carbons (Fsp3) is 0.368. The number of carbonyl (C=O) groups is 1. The summed E-state index contributed by atoms with van der Waals surface area (Å²) < 4.78 is 0. The third-order valence-electron chi connectivity index (χ3n) is 3.72. The summed E-state index contributed by atoms with van der Waals surface area (Å²) in [6, 6.07) is 9.89. The maximum Gasteiger partial charge on any atom is 0.253 e. The van der Waals surface area contributed by atoms with Crippen LogP contribution in [-0.2, 0) is 0 Å². The fourth-order valence-electron chi connectivity index (χ4n) is 2.60. The maximum absolute atomic E-state index is 12.5. The van der Waals surface area contributed by atoms with Crippen LogP contribution in [0.1, 0.15) is 29.8 Å². The summed E-state index contributed by atoms with van der Waals surface area (Å²) in [7, 11) is 0. The first-order valence-electron chi connectivity index (χ1n) is 8.26. The highest BCUT2D eigenvalue weighted by atomic mass is 16.2. The zero-order valence-electron chi connectivity index (χ0n) is 14.2. The fourth-order valence-corrected chi connectivity index (χ4v) is 2.60. The van der Waals surface area contributed by atoms with E-state index in [-0.39, 0.29) is 5.91 Å². The molecule has 0 aliphatic carbocycles. The topological polar surface area (TPSA) is 45.2 Å². The van der Waals surface area contributed by atoms with E-state index in [4.69, 9.17) is 0 Å². The van der Waals surface area contributed by atoms with Crippen LogP contribution < -0.4 is 5.32 Å². The first-order chi connectivity index (χ1) is 11.2. The van der Waals surface area contributed by atoms with E-state index in [0.29, 0.717) is 0 Å². The van der Waals surface area contributed by atoms with Crippen molar-refractivity contribution in [2.45, 2.75) is 20.8 Å². The molecule has 2 heterocycles. The predicted molar refractivity (Wildman–Crippen MR) is 94.5 cm³/mol. The van der Waals surface area contributed by atoms with Gasteiger partial charge in [0.25, 0.3) is 5.91 Å². The summed E-state index contributed by atoms with van der Waals surface area (Å²) in [4.78, 5) is 18.7. The molecule has 23 heavy (non-hydrogen) atoms. The molecule has 0 unspecified atom stereocenters. The van der Waals surface area contributed by atoms with Crippen LogP contribution in [0.15, 0.2) is 42.7 Å². The highest BCUT2D eigenvalue weighted by Crippen LogP contribution is 2.21. The van der Waals surface area contributed by atoms with Crippen molar-refractivity contribution in [3.8, 4) is 11.1 Å². The van der Waals surface area contributed by atoms with E-state index in [1.165, 1.54) is 0 Å². The normalized spacial score (nSPS) is 14.0. The van der Waals surface area contributed by atoms with Crippen LogP contribution in [0.4, 0.5) is 0 Å². The molecular formula is C19H25N3O. The van der Waals surface area contributed by atoms with E-state index in [1.54, 1.807) is 0 Å². The van der Waals surface area contributed by atoms with Crippen LogP contribution in [0.25, 0.3) is 11.1 Å². The Morgan fingerprint density at radius 3 is 2.52 bits per heavy atom. The molecule has 1 N–H and O–H groups in total. The highest BCUT2D eigenvalue weighted by Gasteiger charge is 2.18. The van der Waals surface area contributed by atoms with E-state index in [1.807, 2.05) is 62.3 Å². The SMILES string of the molecule is CC.Cc1cncc(-c2cccc(C(=O)N3CCNCC3)c2)c1. The van der Waals surface area contributed by atoms with Crippen LogP contribution in [0.3, 0.4) is 0 Å². The number of piperazine rings is 1. The Bertz CT molecular complexity index is 649. The van der Waals surface area contributed by atoms with Crippen LogP contribution >= 0.6 is 0 Å². The second-order valence-electron chi connectivity index (χ2n) is 5.37. The molecule has 122 valence electrons. The van der Waals surface area contributed by atoms with Gasteiger partial charge in [-0.2, -0.15) is 0 Å². The van der Waals surface area contributed by atoms with Crippen LogP contribution in [0, 0.1) is 6.92 Å². The van der Waals surface area contributed by atoms with Crippen molar-refractivity contribution in [3.63, 3.8) is 0 Å². The molecule has 2 aromatic rings. The first kappa shape index (κ1) is 17.2. The molecule has 0 bridgehead atoms. The van der Waals surface area contributed by atoms with Crippen molar-refractivity contribution in [3.05, 3.63) is 53.9 Å². The zero-order chi connectivity index (χ0) is 16.7. The molecule has 1 amide bonds. The Kier molecular flexibility index (Phi) is 6.29. The standard InChI is InChI=1S/C17H19N3O.C2H6/c1-13-9-16(12-19-11-13)14-3-2-4-15(10-14)17(21)20-7-5-18-6-8-20;1-2/h2-4,9-12,18H,5-8H2,1H3;1-2H3. The largest absolute Gasteiger partial charge is 0.336 e. The Morgan fingerprint density at radius 2 is 1.83 bits per heavy atom. The van der Waals surface area contributed by atoms with Crippen molar-refractivity contribution in [1.29, 1.82) is 0 Å². The van der Waals surface area contributed by atoms with Crippen LogP contribution in [-0.4, -0.2) is 42.0 Å². The Labute approximate surface area is 138 Å². The molecule has 0 spiro atoms. The number of aromatic nitrogens is 1. The zero-order valence-corrected chi connectivity index (χ0v) is 14.2. The molecule has 4 heteroatoms. The highest BCUT2D eigenvalue weighted by molar-refractivity contribution is 5.95. The number of rotatable bonds is 2. The second kappa shape index (κ2) is 8.44. The van der Waals surface area contributed by atoms with Gasteiger partial charge in [-0.15, -0.1) is 0 Å². The Hall–Kier alpha value is -2.20. The average molecular weight is 311 g/mol. The van der Waals surface area contributed by atoms with Gasteiger partial charge in [0.15, 0.2) is 0 Å². The minimum Gasteiger partial charge on any atom is -0.336 e. The second-order valence-corrected chi connectivity index (χ2v) is 5.37. The lowest BCUT2D eigenvalue weighted by Gasteiger charge is -2.27. The number of pyridine rings is 1. The van der Waals surface area contributed by atoms with E-state index >= 15 is 0 Å². The van der Waals surface area contributed by atoms with Crippen molar-refractivity contribution < 1.29 is 4.79 Å². The molecule has 1 aromatic heterocycles. The number of nitrogens with one attached hydrogen (secondary N) is 1. The molecule has 1 aliphatic heterocycles. The van der Waals surface area contributed by atoms with Gasteiger partial charge in [-0.3, -0.25) is 9.78 Å². The molecule has 0 radical (unpaired) electrons. The summed E-state index contributed by atoms with van der Waals surface area (Å²) in [6.07, 6.45) is 3.67. The molecule has 0 saturated carbocycles. The molecule has 1 saturated heterocycles. The molecule has 1 fully saturated rings. The summed E-state index contributed by atoms with van der Waals surface area (Å²) in [5.41, 5.74) is 3.94. The third-order valence-corrected chi connectivity index (χ3v) is 3.72. The summed E-state index contributed by atoms with van der Waals surface area (Å²) in [5.74, 6) is 0.110. The van der Waals surface area contributed by atoms with Gasteiger partial charge >= 0.3 is 0 Å². The van der Waals surface area contributed by atoms with Gasteiger partial charge in [0.05, 0.1) is 0 Å². The first-order valence-corrected chi connectivity index (χ1v) is 8.26. The van der Waals surface area contributed by atoms with E-state index in [0.717, 1.165) is 48.4 Å². The quantitative estimate of drug-likeness (QED) is 0.927. The predicted octanol–water partition coefficient (Wildman–Crippen LogP) is 3.13. The Balaban J connectivity index is 0.000000924. The minimum absolute atomic E-state index is 0.110. The third kappa shape index (κ3) is 4.39. The minimum atomic E-state index is 0.110. The van der Waals surface area contributed by atoms with Gasteiger partial charge in [-0.05, 0) is 36.2 Å². The van der Waals surface area contributed by atoms with E-state index in [9.17, 15) is 4.79 Å². The maximum atomic E-state index is 12.5. The summed E-state index contributed by atoms with van der Waals surface area (Å²) in [5, 5.41) is 3.26. The number of hydrogen-bond acceptors (Lipinski definition) is 3.